The van der Waals surface area contributed by atoms with Gasteiger partial charge in [0.25, 0.3) is 5.91 Å². The van der Waals surface area contributed by atoms with E-state index in [1.807, 2.05) is 12.1 Å². The maximum atomic E-state index is 13.3. The number of nitrogens with one attached hydrogen (secondary N) is 2. The number of hydrogen-bond donors (Lipinski definition) is 2. The molecule has 2 aromatic rings. The van der Waals surface area contributed by atoms with Gasteiger partial charge in [-0.3, -0.25) is 4.79 Å². The van der Waals surface area contributed by atoms with E-state index in [2.05, 4.69) is 10.6 Å². The smallest absolute Gasteiger partial charge is 0.255 e. The summed E-state index contributed by atoms with van der Waals surface area (Å²) in [4.78, 5) is 12.2. The zero-order valence-corrected chi connectivity index (χ0v) is 11.6. The fraction of sp³-hybridized carbons (Fsp3) is 0.188. The van der Waals surface area contributed by atoms with Crippen molar-refractivity contribution in [2.45, 2.75) is 13.1 Å². The molecule has 2 aromatic carbocycles. The topological polar surface area (TPSA) is 50.4 Å². The molecule has 0 bridgehead atoms. The van der Waals surface area contributed by atoms with Crippen molar-refractivity contribution >= 4 is 11.6 Å². The first-order chi connectivity index (χ1) is 10.2. The van der Waals surface area contributed by atoms with Gasteiger partial charge in [-0.2, -0.15) is 0 Å². The highest BCUT2D eigenvalue weighted by Gasteiger charge is 2.14. The highest BCUT2D eigenvalue weighted by molar-refractivity contribution is 6.04. The van der Waals surface area contributed by atoms with Crippen LogP contribution in [0.3, 0.4) is 0 Å². The van der Waals surface area contributed by atoms with Crippen molar-refractivity contribution < 1.29 is 13.9 Å². The van der Waals surface area contributed by atoms with Crippen LogP contribution in [0.25, 0.3) is 0 Å². The number of ether oxygens (including phenoxy) is 1. The number of amides is 1. The lowest BCUT2D eigenvalue weighted by Crippen LogP contribution is -2.12. The minimum Gasteiger partial charge on any atom is -0.494 e. The molecule has 0 saturated carbocycles. The first-order valence-corrected chi connectivity index (χ1v) is 6.65. The van der Waals surface area contributed by atoms with E-state index in [1.54, 1.807) is 6.07 Å². The lowest BCUT2D eigenvalue weighted by atomic mass is 10.1. The molecule has 108 valence electrons. The minimum atomic E-state index is -0.459. The van der Waals surface area contributed by atoms with Crippen LogP contribution in [0.15, 0.2) is 36.4 Å². The van der Waals surface area contributed by atoms with Gasteiger partial charge in [-0.1, -0.05) is 6.07 Å². The summed E-state index contributed by atoms with van der Waals surface area (Å²) < 4.78 is 18.2. The third kappa shape index (κ3) is 2.73. The third-order valence-electron chi connectivity index (χ3n) is 3.51. The molecule has 2 N–H and O–H groups in total. The summed E-state index contributed by atoms with van der Waals surface area (Å²) >= 11 is 0. The van der Waals surface area contributed by atoms with Crippen molar-refractivity contribution in [1.29, 1.82) is 0 Å². The number of anilines is 1. The van der Waals surface area contributed by atoms with Crippen molar-refractivity contribution in [3.8, 4) is 5.75 Å². The van der Waals surface area contributed by atoms with Crippen LogP contribution in [0.4, 0.5) is 10.1 Å². The summed E-state index contributed by atoms with van der Waals surface area (Å²) in [6.45, 7) is 1.62. The highest BCUT2D eigenvalue weighted by Crippen LogP contribution is 2.22. The Hall–Kier alpha value is -2.40. The molecule has 1 amide bonds. The van der Waals surface area contributed by atoms with Crippen LogP contribution in [0, 0.1) is 5.82 Å². The summed E-state index contributed by atoms with van der Waals surface area (Å²) in [7, 11) is 1.39. The number of halogens is 1. The average Bonchev–Trinajstić information content (AvgIpc) is 2.96. The first kappa shape index (κ1) is 13.6. The van der Waals surface area contributed by atoms with Gasteiger partial charge in [0.05, 0.1) is 7.11 Å². The van der Waals surface area contributed by atoms with Gasteiger partial charge in [-0.05, 0) is 35.4 Å². The van der Waals surface area contributed by atoms with Gasteiger partial charge in [0.15, 0.2) is 11.6 Å². The molecule has 0 aromatic heterocycles. The fourth-order valence-electron chi connectivity index (χ4n) is 2.38. The number of benzene rings is 2. The van der Waals surface area contributed by atoms with Gasteiger partial charge in [0, 0.05) is 30.4 Å². The Balaban J connectivity index is 1.80. The van der Waals surface area contributed by atoms with E-state index >= 15 is 0 Å². The van der Waals surface area contributed by atoms with Gasteiger partial charge in [0.1, 0.15) is 0 Å². The summed E-state index contributed by atoms with van der Waals surface area (Å²) in [5.41, 5.74) is 3.44. The monoisotopic (exact) mass is 286 g/mol. The second kappa shape index (κ2) is 5.54. The highest BCUT2D eigenvalue weighted by atomic mass is 19.1. The minimum absolute atomic E-state index is 0.103. The Kier molecular flexibility index (Phi) is 3.58. The zero-order valence-electron chi connectivity index (χ0n) is 11.6. The molecule has 3 rings (SSSR count). The maximum Gasteiger partial charge on any atom is 0.255 e. The zero-order chi connectivity index (χ0) is 14.8. The van der Waals surface area contributed by atoms with E-state index < -0.39 is 5.82 Å². The molecule has 1 aliphatic heterocycles. The van der Waals surface area contributed by atoms with Crippen LogP contribution in [0.2, 0.25) is 0 Å². The van der Waals surface area contributed by atoms with Crippen LogP contribution in [-0.2, 0) is 13.1 Å². The summed E-state index contributed by atoms with van der Waals surface area (Å²) in [6, 6.07) is 9.86. The molecule has 0 saturated heterocycles. The number of methoxy groups -OCH3 is 1. The Bertz CT molecular complexity index is 701. The Morgan fingerprint density at radius 1 is 1.19 bits per heavy atom. The quantitative estimate of drug-likeness (QED) is 0.912. The fourth-order valence-corrected chi connectivity index (χ4v) is 2.38. The predicted octanol–water partition coefficient (Wildman–Crippen LogP) is 2.69. The van der Waals surface area contributed by atoms with Crippen LogP contribution in [-0.4, -0.2) is 13.0 Å². The molecule has 0 unspecified atom stereocenters. The molecular weight excluding hydrogens is 271 g/mol. The molecule has 4 nitrogen and oxygen atoms in total. The third-order valence-corrected chi connectivity index (χ3v) is 3.51. The van der Waals surface area contributed by atoms with Gasteiger partial charge < -0.3 is 15.4 Å². The lowest BCUT2D eigenvalue weighted by molar-refractivity contribution is 0.102. The first-order valence-electron chi connectivity index (χ1n) is 6.65. The molecule has 0 fully saturated rings. The van der Waals surface area contributed by atoms with Crippen molar-refractivity contribution in [2.75, 3.05) is 12.4 Å². The van der Waals surface area contributed by atoms with Crippen molar-refractivity contribution in [3.05, 3.63) is 58.9 Å². The van der Waals surface area contributed by atoms with Gasteiger partial charge in [-0.25, -0.2) is 4.39 Å². The second-order valence-corrected chi connectivity index (χ2v) is 4.89. The largest absolute Gasteiger partial charge is 0.494 e. The Morgan fingerprint density at radius 3 is 2.81 bits per heavy atom. The molecule has 0 atom stereocenters. The van der Waals surface area contributed by atoms with Crippen molar-refractivity contribution in [3.63, 3.8) is 0 Å². The van der Waals surface area contributed by atoms with Crippen molar-refractivity contribution in [1.82, 2.24) is 5.32 Å². The number of hydrogen-bond acceptors (Lipinski definition) is 3. The normalized spacial score (nSPS) is 12.9. The maximum absolute atomic E-state index is 13.3. The molecule has 1 aliphatic rings. The van der Waals surface area contributed by atoms with Gasteiger partial charge in [0.2, 0.25) is 0 Å². The molecular formula is C16H15FN2O2. The number of fused-ring (bicyclic) bond motifs is 1. The van der Waals surface area contributed by atoms with Crippen LogP contribution in [0.5, 0.6) is 5.75 Å². The van der Waals surface area contributed by atoms with Crippen molar-refractivity contribution in [2.24, 2.45) is 0 Å². The van der Waals surface area contributed by atoms with E-state index in [9.17, 15) is 9.18 Å². The molecule has 21 heavy (non-hydrogen) atoms. The molecule has 0 spiro atoms. The average molecular weight is 286 g/mol. The summed E-state index contributed by atoms with van der Waals surface area (Å²) in [5.74, 6) is -0.580. The van der Waals surface area contributed by atoms with E-state index in [0.717, 1.165) is 18.7 Å². The molecule has 1 heterocycles. The van der Waals surface area contributed by atoms with E-state index in [4.69, 9.17) is 4.74 Å². The van der Waals surface area contributed by atoms with E-state index in [1.165, 1.54) is 30.9 Å². The summed E-state index contributed by atoms with van der Waals surface area (Å²) in [6.07, 6.45) is 0. The van der Waals surface area contributed by atoms with Crippen LogP contribution >= 0.6 is 0 Å². The standard InChI is InChI=1S/C16H15FN2O2/c1-21-15-7-13(4-5-14(15)17)19-16(20)10-2-3-11-8-18-9-12(11)6-10/h2-7,18H,8-9H2,1H3,(H,19,20). The number of carbonyl (C=O) groups is 1. The van der Waals surface area contributed by atoms with Gasteiger partial charge >= 0.3 is 0 Å². The predicted molar refractivity (Wildman–Crippen MR) is 77.9 cm³/mol. The Morgan fingerprint density at radius 2 is 2.00 bits per heavy atom. The van der Waals surface area contributed by atoms with E-state index in [0.29, 0.717) is 11.3 Å². The van der Waals surface area contributed by atoms with Crippen LogP contribution < -0.4 is 15.4 Å². The summed E-state index contributed by atoms with van der Waals surface area (Å²) in [5, 5.41) is 5.98. The molecule has 0 aliphatic carbocycles. The van der Waals surface area contributed by atoms with Gasteiger partial charge in [-0.15, -0.1) is 0 Å². The van der Waals surface area contributed by atoms with E-state index in [-0.39, 0.29) is 11.7 Å². The Labute approximate surface area is 121 Å². The lowest BCUT2D eigenvalue weighted by Gasteiger charge is -2.09. The molecule has 0 radical (unpaired) electrons. The second-order valence-electron chi connectivity index (χ2n) is 4.89. The van der Waals surface area contributed by atoms with Crippen LogP contribution in [0.1, 0.15) is 21.5 Å². The molecule has 5 heteroatoms. The SMILES string of the molecule is COc1cc(NC(=O)c2ccc3c(c2)CNC3)ccc1F. The number of rotatable bonds is 3. The number of carbonyl (C=O) groups excluding carboxylic acids is 1.